The number of nitrogens with zero attached hydrogens (tertiary/aromatic N) is 5. The second-order valence-electron chi connectivity index (χ2n) is 10.1. The summed E-state index contributed by atoms with van der Waals surface area (Å²) in [4.78, 5) is 10.2. The third-order valence-corrected chi connectivity index (χ3v) is 9.70. The number of hydrogen-bond donors (Lipinski definition) is 2. The number of guanidine groups is 1. The predicted molar refractivity (Wildman–Crippen MR) is 151 cm³/mol. The van der Waals surface area contributed by atoms with E-state index in [1.807, 2.05) is 18.3 Å². The lowest BCUT2D eigenvalue weighted by Gasteiger charge is -2.29. The number of ether oxygens (including phenoxy) is 1. The number of rotatable bonds is 16. The number of hydrogen-bond acceptors (Lipinski definition) is 7. The van der Waals surface area contributed by atoms with Gasteiger partial charge in [-0.05, 0) is 50.8 Å². The van der Waals surface area contributed by atoms with E-state index in [-0.39, 0.29) is 5.25 Å². The van der Waals surface area contributed by atoms with Crippen LogP contribution < -0.4 is 10.6 Å². The summed E-state index contributed by atoms with van der Waals surface area (Å²) < 4.78 is 33.9. The zero-order chi connectivity index (χ0) is 26.9. The van der Waals surface area contributed by atoms with Gasteiger partial charge in [-0.3, -0.25) is 9.88 Å². The number of anilines is 1. The van der Waals surface area contributed by atoms with E-state index >= 15 is 0 Å². The highest BCUT2D eigenvalue weighted by Crippen LogP contribution is 2.27. The molecule has 2 N–H and O–H groups in total. The van der Waals surface area contributed by atoms with Crippen LogP contribution in [0.3, 0.4) is 0 Å². The van der Waals surface area contributed by atoms with Gasteiger partial charge in [0.2, 0.25) is 22.2 Å². The summed E-state index contributed by atoms with van der Waals surface area (Å²) in [5.41, 5.74) is 0.826. The van der Waals surface area contributed by atoms with E-state index in [9.17, 15) is 8.42 Å². The highest BCUT2D eigenvalue weighted by molar-refractivity contribution is 7.89. The van der Waals surface area contributed by atoms with Crippen LogP contribution in [0.5, 0.6) is 0 Å². The fourth-order valence-electron chi connectivity index (χ4n) is 5.12. The molecule has 10 nitrogen and oxygen atoms in total. The van der Waals surface area contributed by atoms with Crippen molar-refractivity contribution in [1.29, 1.82) is 5.26 Å². The second kappa shape index (κ2) is 17.4. The second-order valence-corrected chi connectivity index (χ2v) is 12.3. The van der Waals surface area contributed by atoms with Crippen molar-refractivity contribution in [1.82, 2.24) is 19.5 Å². The molecule has 0 amide bonds. The Balaban J connectivity index is 1.31. The van der Waals surface area contributed by atoms with Gasteiger partial charge in [-0.25, -0.2) is 12.7 Å². The van der Waals surface area contributed by atoms with Gasteiger partial charge in [0.05, 0.1) is 18.5 Å². The van der Waals surface area contributed by atoms with Gasteiger partial charge < -0.3 is 15.4 Å². The topological polar surface area (TPSA) is 123 Å². The van der Waals surface area contributed by atoms with Gasteiger partial charge in [-0.1, -0.05) is 38.5 Å². The zero-order valence-corrected chi connectivity index (χ0v) is 23.5. The van der Waals surface area contributed by atoms with Crippen molar-refractivity contribution in [2.45, 2.75) is 75.9 Å². The van der Waals surface area contributed by atoms with Crippen LogP contribution in [-0.4, -0.2) is 86.3 Å². The van der Waals surface area contributed by atoms with Crippen molar-refractivity contribution >= 4 is 21.7 Å². The number of nitriles is 1. The van der Waals surface area contributed by atoms with Crippen LogP contribution in [0, 0.1) is 11.5 Å². The molecule has 0 unspecified atom stereocenters. The number of aromatic nitrogens is 1. The summed E-state index contributed by atoms with van der Waals surface area (Å²) in [6.07, 6.45) is 16.0. The van der Waals surface area contributed by atoms with Crippen molar-refractivity contribution in [2.75, 3.05) is 57.8 Å². The van der Waals surface area contributed by atoms with Gasteiger partial charge in [-0.15, -0.1) is 4.99 Å². The predicted octanol–water partition coefficient (Wildman–Crippen LogP) is 3.56. The van der Waals surface area contributed by atoms with E-state index in [1.165, 1.54) is 0 Å². The maximum Gasteiger partial charge on any atom is 0.216 e. The maximum atomic E-state index is 13.3. The monoisotopic (exact) mass is 547 g/mol. The van der Waals surface area contributed by atoms with Gasteiger partial charge in [-0.2, -0.15) is 5.26 Å². The van der Waals surface area contributed by atoms with Crippen LogP contribution in [0.15, 0.2) is 29.5 Å². The lowest BCUT2D eigenvalue weighted by atomic mass is 10.1. The average molecular weight is 548 g/mol. The Morgan fingerprint density at radius 1 is 1.05 bits per heavy atom. The Morgan fingerprint density at radius 2 is 1.71 bits per heavy atom. The van der Waals surface area contributed by atoms with Crippen LogP contribution in [0.2, 0.25) is 0 Å². The fourth-order valence-corrected chi connectivity index (χ4v) is 7.24. The number of nitrogens with one attached hydrogen (secondary N) is 2. The lowest BCUT2D eigenvalue weighted by Crippen LogP contribution is -2.41. The summed E-state index contributed by atoms with van der Waals surface area (Å²) in [6.45, 7) is 6.37. The Morgan fingerprint density at radius 3 is 2.42 bits per heavy atom. The standard InChI is InChI=1S/C27H45N7O3S/c28-24-31-27(32-25-12-15-29-16-13-25)30-14-7-3-1-2-4-8-18-34(38(35,36)26-10-5-6-11-26)19-9-17-33-20-22-37-23-21-33/h12-13,15-16,26H,1-11,14,17-23H2,(H2,29,30,31,32). The van der Waals surface area contributed by atoms with Gasteiger partial charge in [0.25, 0.3) is 0 Å². The lowest BCUT2D eigenvalue weighted by molar-refractivity contribution is 0.0369. The number of sulfonamides is 1. The number of unbranched alkanes of at least 4 members (excludes halogenated alkanes) is 5. The average Bonchev–Trinajstić information content (AvgIpc) is 3.48. The van der Waals surface area contributed by atoms with E-state index in [4.69, 9.17) is 10.00 Å². The summed E-state index contributed by atoms with van der Waals surface area (Å²) in [5, 5.41) is 15.0. The number of pyridine rings is 1. The van der Waals surface area contributed by atoms with E-state index < -0.39 is 10.0 Å². The normalized spacial score (nSPS) is 17.5. The Hall–Kier alpha value is -2.26. The molecule has 0 spiro atoms. The van der Waals surface area contributed by atoms with E-state index in [0.717, 1.165) is 116 Å². The molecule has 38 heavy (non-hydrogen) atoms. The zero-order valence-electron chi connectivity index (χ0n) is 22.7. The van der Waals surface area contributed by atoms with Crippen LogP contribution in [0.4, 0.5) is 5.69 Å². The van der Waals surface area contributed by atoms with Crippen LogP contribution in [-0.2, 0) is 14.8 Å². The first-order valence-corrected chi connectivity index (χ1v) is 15.8. The fraction of sp³-hybridized carbons (Fsp3) is 0.741. The van der Waals surface area contributed by atoms with Crippen LogP contribution in [0.25, 0.3) is 0 Å². The summed E-state index contributed by atoms with van der Waals surface area (Å²) in [7, 11) is -3.21. The summed E-state index contributed by atoms with van der Waals surface area (Å²) in [5.74, 6) is 0.441. The quantitative estimate of drug-likeness (QED) is 0.139. The molecule has 1 aliphatic carbocycles. The van der Waals surface area contributed by atoms with Crippen LogP contribution in [0.1, 0.15) is 70.6 Å². The van der Waals surface area contributed by atoms with Gasteiger partial charge in [0, 0.05) is 50.8 Å². The molecule has 0 radical (unpaired) electrons. The first kappa shape index (κ1) is 30.3. The first-order chi connectivity index (χ1) is 18.6. The molecule has 1 aromatic rings. The smallest absolute Gasteiger partial charge is 0.216 e. The minimum absolute atomic E-state index is 0.180. The molecule has 1 aromatic heterocycles. The van der Waals surface area contributed by atoms with Crippen molar-refractivity contribution in [3.63, 3.8) is 0 Å². The molecule has 0 atom stereocenters. The highest BCUT2D eigenvalue weighted by Gasteiger charge is 2.33. The third kappa shape index (κ3) is 10.8. The largest absolute Gasteiger partial charge is 0.379 e. The van der Waals surface area contributed by atoms with Gasteiger partial charge in [0.15, 0.2) is 0 Å². The molecule has 0 bridgehead atoms. The summed E-state index contributed by atoms with van der Waals surface area (Å²) >= 11 is 0. The molecule has 1 aliphatic heterocycles. The number of aliphatic imine (C=N–C) groups is 1. The molecule has 1 saturated heterocycles. The minimum atomic E-state index is -3.21. The van der Waals surface area contributed by atoms with Crippen molar-refractivity contribution in [3.8, 4) is 6.19 Å². The molecule has 212 valence electrons. The molecule has 11 heteroatoms. The Kier molecular flexibility index (Phi) is 13.8. The van der Waals surface area contributed by atoms with Crippen molar-refractivity contribution in [3.05, 3.63) is 24.5 Å². The molecule has 3 rings (SSSR count). The van der Waals surface area contributed by atoms with Gasteiger partial charge in [0.1, 0.15) is 0 Å². The molecule has 2 heterocycles. The van der Waals surface area contributed by atoms with E-state index in [0.29, 0.717) is 19.0 Å². The number of morpholine rings is 1. The Labute approximate surface area is 228 Å². The molecule has 0 aromatic carbocycles. The van der Waals surface area contributed by atoms with E-state index in [2.05, 4.69) is 25.5 Å². The SMILES string of the molecule is N#C/N=C(\NCCCCCCCCN(CCCN1CCOCC1)S(=O)(=O)C1CCCC1)Nc1ccncc1. The first-order valence-electron chi connectivity index (χ1n) is 14.3. The van der Waals surface area contributed by atoms with Crippen molar-refractivity contribution < 1.29 is 13.2 Å². The molecular formula is C27H45N7O3S. The highest BCUT2D eigenvalue weighted by atomic mass is 32.2. The van der Waals surface area contributed by atoms with E-state index in [1.54, 1.807) is 16.7 Å². The molecular weight excluding hydrogens is 502 g/mol. The van der Waals surface area contributed by atoms with Crippen molar-refractivity contribution in [2.24, 2.45) is 4.99 Å². The molecule has 1 saturated carbocycles. The summed E-state index contributed by atoms with van der Waals surface area (Å²) in [6, 6.07) is 3.64. The Bertz CT molecular complexity index is 957. The maximum absolute atomic E-state index is 13.3. The molecule has 2 aliphatic rings. The third-order valence-electron chi connectivity index (χ3n) is 7.30. The van der Waals surface area contributed by atoms with Crippen LogP contribution >= 0.6 is 0 Å². The molecule has 2 fully saturated rings. The van der Waals surface area contributed by atoms with Gasteiger partial charge >= 0.3 is 0 Å². The minimum Gasteiger partial charge on any atom is -0.379 e.